The van der Waals surface area contributed by atoms with Crippen molar-refractivity contribution in [3.63, 3.8) is 0 Å². The summed E-state index contributed by atoms with van der Waals surface area (Å²) in [7, 11) is 0. The first-order valence-electron chi connectivity index (χ1n) is 6.19. The molecule has 1 rings (SSSR count). The molecule has 3 N–H and O–H groups in total. The van der Waals surface area contributed by atoms with E-state index in [1.54, 1.807) is 0 Å². The van der Waals surface area contributed by atoms with Gasteiger partial charge in [-0.15, -0.1) is 0 Å². The Kier molecular flexibility index (Phi) is 4.65. The van der Waals surface area contributed by atoms with Crippen molar-refractivity contribution in [3.8, 4) is 0 Å². The van der Waals surface area contributed by atoms with Gasteiger partial charge >= 0.3 is 0 Å². The SMILES string of the molecule is CCCC(C)Nc1c(N)c(C)nn1CCC. The molecule has 0 saturated carbocycles. The van der Waals surface area contributed by atoms with Crippen molar-refractivity contribution in [1.29, 1.82) is 0 Å². The average Bonchev–Trinajstić information content (AvgIpc) is 2.47. The lowest BCUT2D eigenvalue weighted by atomic mass is 10.2. The van der Waals surface area contributed by atoms with Crippen molar-refractivity contribution in [2.24, 2.45) is 0 Å². The lowest BCUT2D eigenvalue weighted by Crippen LogP contribution is -2.18. The highest BCUT2D eigenvalue weighted by atomic mass is 15.3. The summed E-state index contributed by atoms with van der Waals surface area (Å²) in [6.45, 7) is 9.39. The molecule has 1 unspecified atom stereocenters. The van der Waals surface area contributed by atoms with E-state index in [1.807, 2.05) is 11.6 Å². The first-order chi connectivity index (χ1) is 7.60. The number of anilines is 2. The van der Waals surface area contributed by atoms with Crippen LogP contribution in [0.25, 0.3) is 0 Å². The van der Waals surface area contributed by atoms with Gasteiger partial charge in [0, 0.05) is 12.6 Å². The number of aryl methyl sites for hydroxylation is 2. The zero-order valence-electron chi connectivity index (χ0n) is 10.9. The fourth-order valence-corrected chi connectivity index (χ4v) is 1.86. The van der Waals surface area contributed by atoms with Gasteiger partial charge in [-0.25, -0.2) is 4.68 Å². The summed E-state index contributed by atoms with van der Waals surface area (Å²) in [5.41, 5.74) is 7.74. The number of nitrogens with one attached hydrogen (secondary N) is 1. The highest BCUT2D eigenvalue weighted by Crippen LogP contribution is 2.23. The molecule has 0 aromatic carbocycles. The summed E-state index contributed by atoms with van der Waals surface area (Å²) in [6, 6.07) is 0.444. The number of hydrogen-bond donors (Lipinski definition) is 2. The summed E-state index contributed by atoms with van der Waals surface area (Å²) in [6.07, 6.45) is 3.39. The van der Waals surface area contributed by atoms with Gasteiger partial charge in [0.1, 0.15) is 5.82 Å². The van der Waals surface area contributed by atoms with E-state index in [2.05, 4.69) is 31.2 Å². The molecule has 1 aromatic rings. The summed E-state index contributed by atoms with van der Waals surface area (Å²) in [5, 5.41) is 7.90. The van der Waals surface area contributed by atoms with Crippen molar-refractivity contribution in [2.75, 3.05) is 11.1 Å². The lowest BCUT2D eigenvalue weighted by molar-refractivity contribution is 0.592. The summed E-state index contributed by atoms with van der Waals surface area (Å²) >= 11 is 0. The highest BCUT2D eigenvalue weighted by molar-refractivity contribution is 5.65. The molecule has 1 atom stereocenters. The largest absolute Gasteiger partial charge is 0.394 e. The zero-order valence-corrected chi connectivity index (χ0v) is 10.9. The molecule has 0 amide bonds. The second-order valence-corrected chi connectivity index (χ2v) is 4.40. The van der Waals surface area contributed by atoms with Crippen molar-refractivity contribution in [1.82, 2.24) is 9.78 Å². The van der Waals surface area contributed by atoms with Crippen LogP contribution in [0.15, 0.2) is 0 Å². The van der Waals surface area contributed by atoms with Crippen LogP contribution >= 0.6 is 0 Å². The van der Waals surface area contributed by atoms with Gasteiger partial charge in [-0.05, 0) is 26.7 Å². The molecule has 4 heteroatoms. The first-order valence-corrected chi connectivity index (χ1v) is 6.19. The molecule has 4 nitrogen and oxygen atoms in total. The third kappa shape index (κ3) is 2.90. The van der Waals surface area contributed by atoms with Crippen LogP contribution in [0.4, 0.5) is 11.5 Å². The molecule has 1 heterocycles. The van der Waals surface area contributed by atoms with E-state index >= 15 is 0 Å². The topological polar surface area (TPSA) is 55.9 Å². The van der Waals surface area contributed by atoms with E-state index in [0.717, 1.165) is 36.6 Å². The van der Waals surface area contributed by atoms with E-state index in [1.165, 1.54) is 6.42 Å². The number of nitrogens with zero attached hydrogens (tertiary/aromatic N) is 2. The predicted octanol–water partition coefficient (Wildman–Crippen LogP) is 2.78. The second-order valence-electron chi connectivity index (χ2n) is 4.40. The Morgan fingerprint density at radius 3 is 2.62 bits per heavy atom. The van der Waals surface area contributed by atoms with Crippen LogP contribution in [0.5, 0.6) is 0 Å². The third-order valence-corrected chi connectivity index (χ3v) is 2.71. The smallest absolute Gasteiger partial charge is 0.148 e. The number of nitrogens with two attached hydrogens (primary N) is 1. The second kappa shape index (κ2) is 5.77. The van der Waals surface area contributed by atoms with E-state index < -0.39 is 0 Å². The Labute approximate surface area is 98.2 Å². The minimum Gasteiger partial charge on any atom is -0.394 e. The molecule has 0 saturated heterocycles. The number of nitrogen functional groups attached to an aromatic ring is 1. The molecule has 0 fully saturated rings. The maximum Gasteiger partial charge on any atom is 0.148 e. The van der Waals surface area contributed by atoms with Gasteiger partial charge in [0.2, 0.25) is 0 Å². The minimum atomic E-state index is 0.444. The monoisotopic (exact) mass is 224 g/mol. The highest BCUT2D eigenvalue weighted by Gasteiger charge is 2.13. The fraction of sp³-hybridized carbons (Fsp3) is 0.750. The molecule has 0 aliphatic rings. The molecule has 92 valence electrons. The standard InChI is InChI=1S/C12H24N4/c1-5-7-9(3)14-12-11(13)10(4)15-16(12)8-6-2/h9,14H,5-8,13H2,1-4H3. The van der Waals surface area contributed by atoms with Crippen LogP contribution in [0, 0.1) is 6.92 Å². The summed E-state index contributed by atoms with van der Waals surface area (Å²) in [4.78, 5) is 0. The molecular formula is C12H24N4. The maximum absolute atomic E-state index is 6.03. The van der Waals surface area contributed by atoms with Crippen LogP contribution in [0.1, 0.15) is 45.7 Å². The quantitative estimate of drug-likeness (QED) is 0.781. The molecular weight excluding hydrogens is 200 g/mol. The average molecular weight is 224 g/mol. The zero-order chi connectivity index (χ0) is 12.1. The van der Waals surface area contributed by atoms with E-state index in [4.69, 9.17) is 5.73 Å². The first kappa shape index (κ1) is 12.9. The molecule has 1 aromatic heterocycles. The van der Waals surface area contributed by atoms with Gasteiger partial charge in [-0.3, -0.25) is 0 Å². The van der Waals surface area contributed by atoms with Gasteiger partial charge in [-0.2, -0.15) is 5.10 Å². The molecule has 0 spiro atoms. The van der Waals surface area contributed by atoms with Crippen LogP contribution in [-0.2, 0) is 6.54 Å². The molecule has 0 bridgehead atoms. The Morgan fingerprint density at radius 1 is 1.38 bits per heavy atom. The summed E-state index contributed by atoms with van der Waals surface area (Å²) in [5.74, 6) is 0.986. The van der Waals surface area contributed by atoms with Crippen molar-refractivity contribution in [3.05, 3.63) is 5.69 Å². The molecule has 0 aliphatic carbocycles. The van der Waals surface area contributed by atoms with Crippen LogP contribution in [-0.4, -0.2) is 15.8 Å². The van der Waals surface area contributed by atoms with Crippen LogP contribution in [0.2, 0.25) is 0 Å². The molecule has 0 radical (unpaired) electrons. The number of hydrogen-bond acceptors (Lipinski definition) is 3. The van der Waals surface area contributed by atoms with Gasteiger partial charge in [-0.1, -0.05) is 20.3 Å². The minimum absolute atomic E-state index is 0.444. The van der Waals surface area contributed by atoms with Crippen LogP contribution < -0.4 is 11.1 Å². The Bertz CT molecular complexity index is 330. The van der Waals surface area contributed by atoms with Crippen molar-refractivity contribution < 1.29 is 0 Å². The Hall–Kier alpha value is -1.19. The van der Waals surface area contributed by atoms with Gasteiger partial charge < -0.3 is 11.1 Å². The normalized spacial score (nSPS) is 12.8. The molecule has 0 aliphatic heterocycles. The Balaban J connectivity index is 2.83. The number of aromatic nitrogens is 2. The number of rotatable bonds is 6. The molecule has 16 heavy (non-hydrogen) atoms. The lowest BCUT2D eigenvalue weighted by Gasteiger charge is -2.16. The van der Waals surface area contributed by atoms with E-state index in [-0.39, 0.29) is 0 Å². The van der Waals surface area contributed by atoms with Crippen molar-refractivity contribution in [2.45, 2.75) is 59.5 Å². The Morgan fingerprint density at radius 2 is 2.06 bits per heavy atom. The van der Waals surface area contributed by atoms with Crippen LogP contribution in [0.3, 0.4) is 0 Å². The third-order valence-electron chi connectivity index (χ3n) is 2.71. The fourth-order valence-electron chi connectivity index (χ4n) is 1.86. The van der Waals surface area contributed by atoms with E-state index in [0.29, 0.717) is 6.04 Å². The van der Waals surface area contributed by atoms with Gasteiger partial charge in [0.05, 0.1) is 11.4 Å². The van der Waals surface area contributed by atoms with Gasteiger partial charge in [0.25, 0.3) is 0 Å². The van der Waals surface area contributed by atoms with Crippen molar-refractivity contribution >= 4 is 11.5 Å². The van der Waals surface area contributed by atoms with E-state index in [9.17, 15) is 0 Å². The van der Waals surface area contributed by atoms with Gasteiger partial charge in [0.15, 0.2) is 0 Å². The predicted molar refractivity (Wildman–Crippen MR) is 69.7 cm³/mol. The maximum atomic E-state index is 6.03. The summed E-state index contributed by atoms with van der Waals surface area (Å²) < 4.78 is 1.98.